The van der Waals surface area contributed by atoms with E-state index in [2.05, 4.69) is 15.2 Å². The van der Waals surface area contributed by atoms with Crippen LogP contribution < -0.4 is 4.90 Å². The molecule has 0 amide bonds. The smallest absolute Gasteiger partial charge is 0.378 e. The summed E-state index contributed by atoms with van der Waals surface area (Å²) in [4.78, 5) is 5.59. The summed E-state index contributed by atoms with van der Waals surface area (Å²) in [5.41, 5.74) is 2.75. The molecule has 1 atom stereocenters. The van der Waals surface area contributed by atoms with Crippen LogP contribution in [0.5, 0.6) is 0 Å². The first kappa shape index (κ1) is 25.5. The molecule has 1 unspecified atom stereocenters. The molecule has 0 aliphatic carbocycles. The van der Waals surface area contributed by atoms with Crippen molar-refractivity contribution in [3.05, 3.63) is 102 Å². The van der Waals surface area contributed by atoms with E-state index in [0.717, 1.165) is 40.1 Å². The van der Waals surface area contributed by atoms with Crippen LogP contribution in [-0.4, -0.2) is 47.4 Å². The SMILES string of the molecule is CN(C)c1ccc(C2CC(c3ccc(-n4cncn4)cc3)=NN2S(=O)(=O)c2ccc(C(F)(F)F)cc2)cc1. The van der Waals surface area contributed by atoms with E-state index in [1.165, 1.54) is 6.33 Å². The highest BCUT2D eigenvalue weighted by atomic mass is 32.2. The second kappa shape index (κ2) is 9.60. The van der Waals surface area contributed by atoms with E-state index in [9.17, 15) is 21.6 Å². The summed E-state index contributed by atoms with van der Waals surface area (Å²) in [6.45, 7) is 0. The zero-order valence-corrected chi connectivity index (χ0v) is 21.2. The summed E-state index contributed by atoms with van der Waals surface area (Å²) in [6.07, 6.45) is -1.31. The number of rotatable bonds is 6. The predicted octanol–water partition coefficient (Wildman–Crippen LogP) is 4.89. The molecule has 1 aliphatic heterocycles. The molecule has 3 aromatic carbocycles. The lowest BCUT2D eigenvalue weighted by Crippen LogP contribution is -2.27. The molecule has 1 aromatic heterocycles. The number of halogens is 3. The Morgan fingerprint density at radius 2 is 1.58 bits per heavy atom. The van der Waals surface area contributed by atoms with Crippen LogP contribution in [0.25, 0.3) is 5.69 Å². The highest BCUT2D eigenvalue weighted by molar-refractivity contribution is 7.89. The van der Waals surface area contributed by atoms with Gasteiger partial charge in [-0.15, -0.1) is 0 Å². The van der Waals surface area contributed by atoms with Crippen molar-refractivity contribution in [2.24, 2.45) is 5.10 Å². The molecule has 12 heteroatoms. The minimum atomic E-state index is -4.57. The number of benzene rings is 3. The molecule has 0 radical (unpaired) electrons. The molecule has 0 fully saturated rings. The van der Waals surface area contributed by atoms with Gasteiger partial charge in [0, 0.05) is 26.2 Å². The van der Waals surface area contributed by atoms with Gasteiger partial charge in [0.05, 0.1) is 27.9 Å². The summed E-state index contributed by atoms with van der Waals surface area (Å²) in [6, 6.07) is 17.5. The van der Waals surface area contributed by atoms with E-state index in [1.807, 2.05) is 67.5 Å². The van der Waals surface area contributed by atoms with Crippen LogP contribution in [0, 0.1) is 0 Å². The number of sulfonamides is 1. The molecule has 38 heavy (non-hydrogen) atoms. The van der Waals surface area contributed by atoms with Gasteiger partial charge in [-0.05, 0) is 59.7 Å². The summed E-state index contributed by atoms with van der Waals surface area (Å²) in [5.74, 6) is 0. The van der Waals surface area contributed by atoms with Crippen molar-refractivity contribution in [1.29, 1.82) is 0 Å². The Labute approximate surface area is 217 Å². The first-order valence-corrected chi connectivity index (χ1v) is 13.0. The molecule has 0 spiro atoms. The highest BCUT2D eigenvalue weighted by Crippen LogP contribution is 2.38. The average molecular weight is 541 g/mol. The third-order valence-electron chi connectivity index (χ3n) is 6.28. The maximum absolute atomic E-state index is 13.7. The fraction of sp³-hybridized carbons (Fsp3) is 0.192. The van der Waals surface area contributed by atoms with Gasteiger partial charge >= 0.3 is 6.18 Å². The number of hydrogen-bond acceptors (Lipinski definition) is 6. The van der Waals surface area contributed by atoms with E-state index in [-0.39, 0.29) is 11.3 Å². The quantitative estimate of drug-likeness (QED) is 0.348. The minimum absolute atomic E-state index is 0.271. The van der Waals surface area contributed by atoms with Crippen LogP contribution in [0.1, 0.15) is 29.2 Å². The van der Waals surface area contributed by atoms with Gasteiger partial charge in [0.2, 0.25) is 0 Å². The molecule has 0 bridgehead atoms. The largest absolute Gasteiger partial charge is 0.416 e. The maximum atomic E-state index is 13.7. The van der Waals surface area contributed by atoms with Crippen LogP contribution in [-0.2, 0) is 16.2 Å². The topological polar surface area (TPSA) is 83.7 Å². The monoisotopic (exact) mass is 540 g/mol. The Kier molecular flexibility index (Phi) is 6.43. The standard InChI is InChI=1S/C26H23F3N6O2S/c1-33(2)21-9-5-19(6-10-21)25-15-24(18-3-11-22(12-4-18)34-17-30-16-31-34)32-35(25)38(36,37)23-13-7-20(8-14-23)26(27,28)29/h3-14,16-17,25H,15H2,1-2H3. The first-order chi connectivity index (χ1) is 18.0. The van der Waals surface area contributed by atoms with Crippen LogP contribution in [0.4, 0.5) is 18.9 Å². The molecule has 5 rings (SSSR count). The highest BCUT2D eigenvalue weighted by Gasteiger charge is 2.38. The molecule has 0 N–H and O–H groups in total. The van der Waals surface area contributed by atoms with E-state index in [0.29, 0.717) is 16.8 Å². The lowest BCUT2D eigenvalue weighted by atomic mass is 9.99. The normalized spacial score (nSPS) is 16.0. The van der Waals surface area contributed by atoms with Crippen LogP contribution in [0.15, 0.2) is 95.4 Å². The molecule has 1 aliphatic rings. The average Bonchev–Trinajstić information content (AvgIpc) is 3.60. The van der Waals surface area contributed by atoms with Gasteiger partial charge < -0.3 is 4.90 Å². The predicted molar refractivity (Wildman–Crippen MR) is 136 cm³/mol. The summed E-state index contributed by atoms with van der Waals surface area (Å²) >= 11 is 0. The minimum Gasteiger partial charge on any atom is -0.378 e. The van der Waals surface area contributed by atoms with Gasteiger partial charge in [-0.25, -0.2) is 9.67 Å². The number of aromatic nitrogens is 3. The fourth-order valence-electron chi connectivity index (χ4n) is 4.20. The molecule has 196 valence electrons. The van der Waals surface area contributed by atoms with Crippen molar-refractivity contribution in [2.75, 3.05) is 19.0 Å². The number of anilines is 1. The van der Waals surface area contributed by atoms with Crippen molar-refractivity contribution < 1.29 is 21.6 Å². The van der Waals surface area contributed by atoms with Gasteiger partial charge in [0.15, 0.2) is 0 Å². The number of hydrazone groups is 1. The van der Waals surface area contributed by atoms with Crippen molar-refractivity contribution in [3.63, 3.8) is 0 Å². The second-order valence-corrected chi connectivity index (χ2v) is 10.7. The lowest BCUT2D eigenvalue weighted by Gasteiger charge is -2.24. The third kappa shape index (κ3) is 4.86. The lowest BCUT2D eigenvalue weighted by molar-refractivity contribution is -0.137. The number of nitrogens with zero attached hydrogens (tertiary/aromatic N) is 6. The van der Waals surface area contributed by atoms with Crippen LogP contribution >= 0.6 is 0 Å². The zero-order chi connectivity index (χ0) is 27.1. The summed E-state index contributed by atoms with van der Waals surface area (Å²) < 4.78 is 69.1. The number of hydrogen-bond donors (Lipinski definition) is 0. The maximum Gasteiger partial charge on any atom is 0.416 e. The summed E-state index contributed by atoms with van der Waals surface area (Å²) in [7, 11) is -0.466. The van der Waals surface area contributed by atoms with E-state index < -0.39 is 27.8 Å². The molecule has 4 aromatic rings. The first-order valence-electron chi connectivity index (χ1n) is 11.6. The Bertz CT molecular complexity index is 1550. The van der Waals surface area contributed by atoms with Crippen molar-refractivity contribution in [2.45, 2.75) is 23.5 Å². The Hall–Kier alpha value is -4.19. The second-order valence-electron chi connectivity index (χ2n) is 8.94. The molecule has 0 saturated carbocycles. The molecule has 0 saturated heterocycles. The van der Waals surface area contributed by atoms with Gasteiger partial charge in [-0.1, -0.05) is 24.3 Å². The van der Waals surface area contributed by atoms with Gasteiger partial charge in [0.25, 0.3) is 10.0 Å². The fourth-order valence-corrected chi connectivity index (χ4v) is 5.63. The third-order valence-corrected chi connectivity index (χ3v) is 7.97. The molecular weight excluding hydrogens is 517 g/mol. The Morgan fingerprint density at radius 1 is 0.921 bits per heavy atom. The van der Waals surface area contributed by atoms with E-state index in [4.69, 9.17) is 0 Å². The van der Waals surface area contributed by atoms with Gasteiger partial charge in [-0.2, -0.15) is 36.2 Å². The van der Waals surface area contributed by atoms with Crippen molar-refractivity contribution in [1.82, 2.24) is 19.2 Å². The molecule has 2 heterocycles. The number of alkyl halides is 3. The van der Waals surface area contributed by atoms with E-state index in [1.54, 1.807) is 11.0 Å². The van der Waals surface area contributed by atoms with Crippen molar-refractivity contribution in [3.8, 4) is 5.69 Å². The molecule has 8 nitrogen and oxygen atoms in total. The van der Waals surface area contributed by atoms with Gasteiger partial charge in [-0.3, -0.25) is 0 Å². The zero-order valence-electron chi connectivity index (χ0n) is 20.4. The Morgan fingerprint density at radius 3 is 2.13 bits per heavy atom. The van der Waals surface area contributed by atoms with Gasteiger partial charge in [0.1, 0.15) is 12.7 Å². The molecular formula is C26H23F3N6O2S. The van der Waals surface area contributed by atoms with Crippen LogP contribution in [0.2, 0.25) is 0 Å². The Balaban J connectivity index is 1.53. The summed E-state index contributed by atoms with van der Waals surface area (Å²) in [5, 5.41) is 8.58. The van der Waals surface area contributed by atoms with E-state index >= 15 is 0 Å². The van der Waals surface area contributed by atoms with Crippen LogP contribution in [0.3, 0.4) is 0 Å². The van der Waals surface area contributed by atoms with Crippen molar-refractivity contribution >= 4 is 21.4 Å².